The Morgan fingerprint density at radius 2 is 1.88 bits per heavy atom. The lowest BCUT2D eigenvalue weighted by atomic mass is 10.2. The maximum absolute atomic E-state index is 13.4. The summed E-state index contributed by atoms with van der Waals surface area (Å²) in [7, 11) is 3.16. The van der Waals surface area contributed by atoms with Crippen molar-refractivity contribution in [3.8, 4) is 0 Å². The molecule has 2 aromatic heterocycles. The predicted octanol–water partition coefficient (Wildman–Crippen LogP) is 3.22. The molecule has 172 valence electrons. The standard InChI is InChI=1S/C22H28BrN4O5/c1-22(2,3)32-21(30)27(5,17-12-16(23)14-25(4)20(17)29)18-7-6-15(13-24-18)19(28)26-8-10-31-11-9-26/h6-7,12-14H,8-11H2,1-5H3/q+1. The molecule has 1 fully saturated rings. The molecule has 9 nitrogen and oxygen atoms in total. The summed E-state index contributed by atoms with van der Waals surface area (Å²) in [5.41, 5.74) is -0.582. The van der Waals surface area contributed by atoms with Crippen LogP contribution in [0.25, 0.3) is 0 Å². The third-order valence-corrected chi connectivity index (χ3v) is 5.56. The normalized spacial score (nSPS) is 16.4. The van der Waals surface area contributed by atoms with E-state index >= 15 is 0 Å². The van der Waals surface area contributed by atoms with E-state index in [1.807, 2.05) is 0 Å². The fourth-order valence-corrected chi connectivity index (χ4v) is 3.89. The molecular formula is C22H28BrN4O5+. The van der Waals surface area contributed by atoms with Gasteiger partial charge in [-0.1, -0.05) is 0 Å². The van der Waals surface area contributed by atoms with Gasteiger partial charge < -0.3 is 18.9 Å². The molecule has 0 saturated carbocycles. The van der Waals surface area contributed by atoms with Gasteiger partial charge >= 0.3 is 11.7 Å². The van der Waals surface area contributed by atoms with Crippen LogP contribution in [0.15, 0.2) is 39.9 Å². The molecule has 3 rings (SSSR count). The van der Waals surface area contributed by atoms with Crippen LogP contribution in [-0.4, -0.2) is 65.4 Å². The lowest BCUT2D eigenvalue weighted by Gasteiger charge is -2.31. The zero-order valence-corrected chi connectivity index (χ0v) is 20.5. The lowest BCUT2D eigenvalue weighted by Crippen LogP contribution is -2.52. The highest BCUT2D eigenvalue weighted by molar-refractivity contribution is 9.10. The molecule has 32 heavy (non-hydrogen) atoms. The molecule has 0 spiro atoms. The van der Waals surface area contributed by atoms with Gasteiger partial charge in [-0.05, 0) is 42.8 Å². The minimum absolute atomic E-state index is 0.155. The van der Waals surface area contributed by atoms with Gasteiger partial charge in [-0.15, -0.1) is 4.48 Å². The van der Waals surface area contributed by atoms with E-state index in [1.165, 1.54) is 10.8 Å². The van der Waals surface area contributed by atoms with Crippen molar-refractivity contribution in [3.63, 3.8) is 0 Å². The number of amides is 2. The second-order valence-corrected chi connectivity index (χ2v) is 9.67. The van der Waals surface area contributed by atoms with Gasteiger partial charge in [0.1, 0.15) is 5.60 Å². The zero-order chi connectivity index (χ0) is 23.7. The molecule has 3 heterocycles. The summed E-state index contributed by atoms with van der Waals surface area (Å²) in [4.78, 5) is 45.3. The van der Waals surface area contributed by atoms with E-state index in [0.717, 1.165) is 0 Å². The summed E-state index contributed by atoms with van der Waals surface area (Å²) in [5.74, 6) is 0.102. The molecule has 1 atom stereocenters. The maximum Gasteiger partial charge on any atom is 0.528 e. The molecule has 2 amide bonds. The van der Waals surface area contributed by atoms with E-state index in [-0.39, 0.29) is 23.0 Å². The van der Waals surface area contributed by atoms with Crippen molar-refractivity contribution < 1.29 is 19.1 Å². The predicted molar refractivity (Wildman–Crippen MR) is 124 cm³/mol. The largest absolute Gasteiger partial charge is 0.528 e. The third-order valence-electron chi connectivity index (χ3n) is 5.12. The summed E-state index contributed by atoms with van der Waals surface area (Å²) in [6.07, 6.45) is 2.38. The summed E-state index contributed by atoms with van der Waals surface area (Å²) in [5, 5.41) is 0. The van der Waals surface area contributed by atoms with Crippen molar-refractivity contribution in [2.24, 2.45) is 7.05 Å². The van der Waals surface area contributed by atoms with E-state index in [1.54, 1.807) is 64.2 Å². The molecule has 0 bridgehead atoms. The van der Waals surface area contributed by atoms with Gasteiger partial charge in [-0.3, -0.25) is 9.59 Å². The van der Waals surface area contributed by atoms with E-state index in [0.29, 0.717) is 36.3 Å². The number of quaternary nitrogens is 1. The Morgan fingerprint density at radius 3 is 2.44 bits per heavy atom. The smallest absolute Gasteiger partial charge is 0.414 e. The van der Waals surface area contributed by atoms with Gasteiger partial charge in [0.25, 0.3) is 5.91 Å². The van der Waals surface area contributed by atoms with Gasteiger partial charge in [0, 0.05) is 49.1 Å². The Kier molecular flexibility index (Phi) is 6.87. The third kappa shape index (κ3) is 4.92. The van der Waals surface area contributed by atoms with Crippen LogP contribution >= 0.6 is 15.9 Å². The second kappa shape index (κ2) is 9.13. The number of pyridine rings is 2. The van der Waals surface area contributed by atoms with Crippen LogP contribution in [0, 0.1) is 0 Å². The molecular weight excluding hydrogens is 480 g/mol. The minimum Gasteiger partial charge on any atom is -0.414 e. The highest BCUT2D eigenvalue weighted by Gasteiger charge is 2.45. The second-order valence-electron chi connectivity index (χ2n) is 8.76. The van der Waals surface area contributed by atoms with Crippen LogP contribution in [0.5, 0.6) is 0 Å². The monoisotopic (exact) mass is 507 g/mol. The number of carbonyl (C=O) groups excluding carboxylic acids is 2. The molecule has 0 N–H and O–H groups in total. The molecule has 0 aliphatic carbocycles. The first-order valence-electron chi connectivity index (χ1n) is 10.2. The van der Waals surface area contributed by atoms with Crippen LogP contribution in [0.2, 0.25) is 0 Å². The Morgan fingerprint density at radius 1 is 1.22 bits per heavy atom. The maximum atomic E-state index is 13.4. The highest BCUT2D eigenvalue weighted by Crippen LogP contribution is 2.33. The van der Waals surface area contributed by atoms with E-state index in [2.05, 4.69) is 20.9 Å². The highest BCUT2D eigenvalue weighted by atomic mass is 79.9. The number of aromatic nitrogens is 2. The molecule has 0 aromatic carbocycles. The topological polar surface area (TPSA) is 90.7 Å². The van der Waals surface area contributed by atoms with Crippen molar-refractivity contribution in [3.05, 3.63) is 51.0 Å². The van der Waals surface area contributed by atoms with Gasteiger partial charge in [0.15, 0.2) is 0 Å². The Labute approximate surface area is 195 Å². The molecule has 1 unspecified atom stereocenters. The summed E-state index contributed by atoms with van der Waals surface area (Å²) >= 11 is 3.39. The zero-order valence-electron chi connectivity index (χ0n) is 18.9. The van der Waals surface area contributed by atoms with E-state index in [9.17, 15) is 14.4 Å². The van der Waals surface area contributed by atoms with Crippen LogP contribution in [0.4, 0.5) is 16.3 Å². The number of rotatable bonds is 3. The Balaban J connectivity index is 2.07. The van der Waals surface area contributed by atoms with Crippen molar-refractivity contribution in [2.75, 3.05) is 33.4 Å². The summed E-state index contributed by atoms with van der Waals surface area (Å²) in [6, 6.07) is 4.78. The average Bonchev–Trinajstić information content (AvgIpc) is 2.74. The first-order valence-corrected chi connectivity index (χ1v) is 11.0. The number of ether oxygens (including phenoxy) is 2. The number of aryl methyl sites for hydroxylation is 1. The van der Waals surface area contributed by atoms with Gasteiger partial charge in [-0.2, -0.15) is 4.79 Å². The number of carbonyl (C=O) groups is 2. The van der Waals surface area contributed by atoms with Gasteiger partial charge in [0.05, 0.1) is 25.8 Å². The molecule has 1 saturated heterocycles. The SMILES string of the molecule is Cn1cc(Br)cc([N+](C)(C(=O)OC(C)(C)C)c2ccc(C(=O)N3CCOCC3)cn2)c1=O. The van der Waals surface area contributed by atoms with E-state index in [4.69, 9.17) is 9.47 Å². The number of hydrogen-bond donors (Lipinski definition) is 0. The summed E-state index contributed by atoms with van der Waals surface area (Å²) < 4.78 is 12.4. The van der Waals surface area contributed by atoms with Crippen molar-refractivity contribution in [1.29, 1.82) is 0 Å². The first-order chi connectivity index (χ1) is 14.9. The van der Waals surface area contributed by atoms with Crippen molar-refractivity contribution >= 4 is 39.4 Å². The average molecular weight is 508 g/mol. The van der Waals surface area contributed by atoms with Crippen LogP contribution < -0.4 is 10.0 Å². The lowest BCUT2D eigenvalue weighted by molar-refractivity contribution is 0.0302. The van der Waals surface area contributed by atoms with Gasteiger partial charge in [0.2, 0.25) is 11.5 Å². The minimum atomic E-state index is -0.778. The summed E-state index contributed by atoms with van der Waals surface area (Å²) in [6.45, 7) is 7.29. The van der Waals surface area contributed by atoms with Gasteiger partial charge in [-0.25, -0.2) is 4.98 Å². The quantitative estimate of drug-likeness (QED) is 0.592. The molecule has 1 aliphatic rings. The van der Waals surface area contributed by atoms with Crippen LogP contribution in [0.1, 0.15) is 31.1 Å². The molecule has 0 radical (unpaired) electrons. The number of nitrogens with zero attached hydrogens (tertiary/aromatic N) is 4. The van der Waals surface area contributed by atoms with E-state index < -0.39 is 16.2 Å². The molecule has 1 aliphatic heterocycles. The number of morpholine rings is 1. The van der Waals surface area contributed by atoms with Crippen molar-refractivity contribution in [2.45, 2.75) is 26.4 Å². The van der Waals surface area contributed by atoms with Crippen LogP contribution in [-0.2, 0) is 16.5 Å². The Bertz CT molecular complexity index is 1070. The van der Waals surface area contributed by atoms with Crippen molar-refractivity contribution in [1.82, 2.24) is 18.9 Å². The fraction of sp³-hybridized carbons (Fsp3) is 0.455. The number of hydrogen-bond acceptors (Lipinski definition) is 6. The first kappa shape index (κ1) is 24.1. The molecule has 10 heteroatoms. The fourth-order valence-electron chi connectivity index (χ4n) is 3.37. The molecule has 2 aromatic rings. The van der Waals surface area contributed by atoms with Crippen LogP contribution in [0.3, 0.4) is 0 Å². The number of halogens is 1. The Hall–Kier alpha value is -2.56.